The summed E-state index contributed by atoms with van der Waals surface area (Å²) in [5, 5.41) is 20.9. The highest BCUT2D eigenvalue weighted by molar-refractivity contribution is 5.93. The molecule has 0 aromatic heterocycles. The molecule has 0 radical (unpaired) electrons. The minimum absolute atomic E-state index is 0.234. The molecule has 0 saturated heterocycles. The van der Waals surface area contributed by atoms with Crippen LogP contribution in [0, 0.1) is 0 Å². The Bertz CT molecular complexity index is 224. The standard InChI is InChI=1S/C11H21NO3/c1-4-6-9(3)10(15)12-11(5-2,7-13)8-14/h6,13-14H,4-5,7-8H2,1-3H3,(H,12,15)/b9-6-. The first-order valence-corrected chi connectivity index (χ1v) is 5.26. The average Bonchev–Trinajstić information content (AvgIpc) is 2.26. The molecule has 0 aliphatic heterocycles. The Kier molecular flexibility index (Phi) is 6.20. The molecule has 4 nitrogen and oxygen atoms in total. The normalized spacial score (nSPS) is 12.7. The van der Waals surface area contributed by atoms with Crippen LogP contribution in [0.1, 0.15) is 33.6 Å². The predicted molar refractivity (Wildman–Crippen MR) is 59.4 cm³/mol. The molecule has 0 aliphatic rings. The van der Waals surface area contributed by atoms with Crippen LogP contribution in [-0.4, -0.2) is 34.9 Å². The van der Waals surface area contributed by atoms with E-state index in [9.17, 15) is 4.79 Å². The maximum atomic E-state index is 11.6. The Morgan fingerprint density at radius 1 is 1.33 bits per heavy atom. The number of aliphatic hydroxyl groups is 2. The molecular formula is C11H21NO3. The second kappa shape index (κ2) is 6.58. The number of hydrogen-bond donors (Lipinski definition) is 3. The van der Waals surface area contributed by atoms with Gasteiger partial charge < -0.3 is 15.5 Å². The van der Waals surface area contributed by atoms with Crippen LogP contribution in [-0.2, 0) is 4.79 Å². The van der Waals surface area contributed by atoms with Gasteiger partial charge in [-0.2, -0.15) is 0 Å². The zero-order valence-electron chi connectivity index (χ0n) is 9.71. The van der Waals surface area contributed by atoms with Crippen molar-refractivity contribution in [3.63, 3.8) is 0 Å². The lowest BCUT2D eigenvalue weighted by Gasteiger charge is -2.29. The van der Waals surface area contributed by atoms with Crippen LogP contribution < -0.4 is 5.32 Å². The third-order valence-electron chi connectivity index (χ3n) is 2.53. The molecule has 0 aromatic carbocycles. The van der Waals surface area contributed by atoms with E-state index in [1.807, 2.05) is 19.9 Å². The number of nitrogens with one attached hydrogen (secondary N) is 1. The van der Waals surface area contributed by atoms with Crippen molar-refractivity contribution in [3.05, 3.63) is 11.6 Å². The van der Waals surface area contributed by atoms with Crippen LogP contribution in [0.25, 0.3) is 0 Å². The number of hydrogen-bond acceptors (Lipinski definition) is 3. The van der Waals surface area contributed by atoms with Gasteiger partial charge in [-0.3, -0.25) is 4.79 Å². The molecule has 0 heterocycles. The van der Waals surface area contributed by atoms with Crippen LogP contribution in [0.4, 0.5) is 0 Å². The lowest BCUT2D eigenvalue weighted by molar-refractivity contribution is -0.120. The minimum atomic E-state index is -0.903. The van der Waals surface area contributed by atoms with E-state index >= 15 is 0 Å². The quantitative estimate of drug-likeness (QED) is 0.568. The highest BCUT2D eigenvalue weighted by atomic mass is 16.3. The van der Waals surface area contributed by atoms with E-state index in [1.165, 1.54) is 0 Å². The number of allylic oxidation sites excluding steroid dienone is 1. The van der Waals surface area contributed by atoms with Crippen molar-refractivity contribution in [2.24, 2.45) is 0 Å². The van der Waals surface area contributed by atoms with Gasteiger partial charge in [0.1, 0.15) is 0 Å². The van der Waals surface area contributed by atoms with E-state index in [2.05, 4.69) is 5.32 Å². The molecule has 0 aliphatic carbocycles. The first-order chi connectivity index (χ1) is 7.05. The van der Waals surface area contributed by atoms with E-state index in [-0.39, 0.29) is 19.1 Å². The minimum Gasteiger partial charge on any atom is -0.394 e. The molecule has 0 unspecified atom stereocenters. The van der Waals surface area contributed by atoms with Crippen LogP contribution in [0.2, 0.25) is 0 Å². The Hall–Kier alpha value is -0.870. The summed E-state index contributed by atoms with van der Waals surface area (Å²) in [5.74, 6) is -0.234. The Morgan fingerprint density at radius 2 is 1.87 bits per heavy atom. The zero-order chi connectivity index (χ0) is 11.9. The lowest BCUT2D eigenvalue weighted by Crippen LogP contribution is -2.54. The molecular weight excluding hydrogens is 194 g/mol. The largest absolute Gasteiger partial charge is 0.394 e. The summed E-state index contributed by atoms with van der Waals surface area (Å²) >= 11 is 0. The molecule has 0 rings (SSSR count). The fraction of sp³-hybridized carbons (Fsp3) is 0.727. The maximum Gasteiger partial charge on any atom is 0.247 e. The van der Waals surface area contributed by atoms with E-state index in [4.69, 9.17) is 10.2 Å². The number of amides is 1. The van der Waals surface area contributed by atoms with Crippen LogP contribution in [0.3, 0.4) is 0 Å². The van der Waals surface area contributed by atoms with Gasteiger partial charge in [-0.05, 0) is 19.8 Å². The van der Waals surface area contributed by atoms with Crippen LogP contribution >= 0.6 is 0 Å². The summed E-state index contributed by atoms with van der Waals surface area (Å²) in [6.07, 6.45) is 3.09. The summed E-state index contributed by atoms with van der Waals surface area (Å²) in [4.78, 5) is 11.6. The Balaban J connectivity index is 4.55. The molecule has 3 N–H and O–H groups in total. The van der Waals surface area contributed by atoms with Gasteiger partial charge in [-0.15, -0.1) is 0 Å². The SMILES string of the molecule is CC/C=C(/C)C(=O)NC(CC)(CO)CO. The van der Waals surface area contributed by atoms with Crippen molar-refractivity contribution in [2.75, 3.05) is 13.2 Å². The van der Waals surface area contributed by atoms with Gasteiger partial charge in [-0.25, -0.2) is 0 Å². The highest BCUT2D eigenvalue weighted by Gasteiger charge is 2.28. The zero-order valence-corrected chi connectivity index (χ0v) is 9.71. The summed E-state index contributed by atoms with van der Waals surface area (Å²) in [7, 11) is 0. The van der Waals surface area contributed by atoms with Crippen molar-refractivity contribution >= 4 is 5.91 Å². The molecule has 0 atom stereocenters. The smallest absolute Gasteiger partial charge is 0.247 e. The first kappa shape index (κ1) is 14.1. The number of aliphatic hydroxyl groups excluding tert-OH is 2. The summed E-state index contributed by atoms with van der Waals surface area (Å²) < 4.78 is 0. The lowest BCUT2D eigenvalue weighted by atomic mass is 9.98. The topological polar surface area (TPSA) is 69.6 Å². The monoisotopic (exact) mass is 215 g/mol. The first-order valence-electron chi connectivity index (χ1n) is 5.26. The van der Waals surface area contributed by atoms with Gasteiger partial charge in [0.15, 0.2) is 0 Å². The summed E-state index contributed by atoms with van der Waals surface area (Å²) in [5.41, 5.74) is -0.294. The Labute approximate surface area is 91.0 Å². The molecule has 0 aromatic rings. The second-order valence-electron chi connectivity index (χ2n) is 3.70. The second-order valence-corrected chi connectivity index (χ2v) is 3.70. The molecule has 88 valence electrons. The maximum absolute atomic E-state index is 11.6. The van der Waals surface area contributed by atoms with Gasteiger partial charge >= 0.3 is 0 Å². The van der Waals surface area contributed by atoms with Crippen molar-refractivity contribution in [3.8, 4) is 0 Å². The number of carbonyl (C=O) groups excluding carboxylic acids is 1. The fourth-order valence-corrected chi connectivity index (χ4v) is 1.18. The molecule has 0 fully saturated rings. The van der Waals surface area contributed by atoms with Crippen molar-refractivity contribution in [2.45, 2.75) is 39.2 Å². The summed E-state index contributed by atoms with van der Waals surface area (Å²) in [6, 6.07) is 0. The van der Waals surface area contributed by atoms with Crippen LogP contribution in [0.5, 0.6) is 0 Å². The van der Waals surface area contributed by atoms with Gasteiger partial charge in [0.05, 0.1) is 18.8 Å². The van der Waals surface area contributed by atoms with Crippen molar-refractivity contribution in [1.82, 2.24) is 5.32 Å². The summed E-state index contributed by atoms with van der Waals surface area (Å²) in [6.45, 7) is 4.96. The predicted octanol–water partition coefficient (Wildman–Crippen LogP) is 0.592. The van der Waals surface area contributed by atoms with E-state index < -0.39 is 5.54 Å². The molecule has 4 heteroatoms. The van der Waals surface area contributed by atoms with E-state index in [0.717, 1.165) is 6.42 Å². The molecule has 1 amide bonds. The molecule has 15 heavy (non-hydrogen) atoms. The average molecular weight is 215 g/mol. The van der Waals surface area contributed by atoms with Crippen molar-refractivity contribution < 1.29 is 15.0 Å². The van der Waals surface area contributed by atoms with Gasteiger partial charge in [0.2, 0.25) is 5.91 Å². The fourth-order valence-electron chi connectivity index (χ4n) is 1.18. The molecule has 0 bridgehead atoms. The molecule has 0 saturated carbocycles. The highest BCUT2D eigenvalue weighted by Crippen LogP contribution is 2.09. The van der Waals surface area contributed by atoms with Crippen molar-refractivity contribution in [1.29, 1.82) is 0 Å². The van der Waals surface area contributed by atoms with E-state index in [1.54, 1.807) is 6.92 Å². The van der Waals surface area contributed by atoms with E-state index in [0.29, 0.717) is 12.0 Å². The molecule has 0 spiro atoms. The number of carbonyl (C=O) groups is 1. The van der Waals surface area contributed by atoms with Gasteiger partial charge in [-0.1, -0.05) is 19.9 Å². The van der Waals surface area contributed by atoms with Gasteiger partial charge in [0.25, 0.3) is 0 Å². The van der Waals surface area contributed by atoms with Crippen LogP contribution in [0.15, 0.2) is 11.6 Å². The van der Waals surface area contributed by atoms with Gasteiger partial charge in [0, 0.05) is 5.57 Å². The Morgan fingerprint density at radius 3 is 2.20 bits per heavy atom. The third-order valence-corrected chi connectivity index (χ3v) is 2.53. The number of rotatable bonds is 6. The third kappa shape index (κ3) is 4.01.